The highest BCUT2D eigenvalue weighted by atomic mass is 32.2. The summed E-state index contributed by atoms with van der Waals surface area (Å²) in [6.45, 7) is 5.33. The molecule has 2 amide bonds. The lowest BCUT2D eigenvalue weighted by Gasteiger charge is -2.14. The summed E-state index contributed by atoms with van der Waals surface area (Å²) in [5.41, 5.74) is 0.952. The molecule has 0 aliphatic carbocycles. The second-order valence-corrected chi connectivity index (χ2v) is 9.70. The first-order valence-corrected chi connectivity index (χ1v) is 12.0. The SMILES string of the molecule is C=C[C@H](NC(=O)c1cccc(CNC(=O)[C@@H](C)CSCCP(=O)(O)OC)c1)C(=O)O. The molecule has 1 aromatic carbocycles. The number of carboxylic acid groups (broad SMARTS) is 1. The van der Waals surface area contributed by atoms with Crippen LogP contribution in [0.4, 0.5) is 0 Å². The minimum absolute atomic E-state index is 0.0198. The molecule has 3 atom stereocenters. The third-order valence-corrected chi connectivity index (χ3v) is 6.95. The van der Waals surface area contributed by atoms with Gasteiger partial charge in [0.05, 0.1) is 6.16 Å². The van der Waals surface area contributed by atoms with Crippen LogP contribution in [0.2, 0.25) is 0 Å². The summed E-state index contributed by atoms with van der Waals surface area (Å²) in [7, 11) is -2.35. The summed E-state index contributed by atoms with van der Waals surface area (Å²) in [6, 6.07) is 5.30. The van der Waals surface area contributed by atoms with Crippen molar-refractivity contribution in [2.75, 3.05) is 24.8 Å². The number of hydrogen-bond acceptors (Lipinski definition) is 6. The van der Waals surface area contributed by atoms with E-state index < -0.39 is 25.5 Å². The van der Waals surface area contributed by atoms with E-state index in [1.54, 1.807) is 31.2 Å². The molecule has 9 nitrogen and oxygen atoms in total. The second kappa shape index (κ2) is 12.5. The third-order valence-electron chi connectivity index (χ3n) is 4.06. The lowest BCUT2D eigenvalue weighted by Crippen LogP contribution is -2.39. The molecule has 1 rings (SSSR count). The molecule has 0 aliphatic rings. The van der Waals surface area contributed by atoms with Gasteiger partial charge in [0.15, 0.2) is 0 Å². The lowest BCUT2D eigenvalue weighted by molar-refractivity contribution is -0.138. The van der Waals surface area contributed by atoms with E-state index in [2.05, 4.69) is 21.7 Å². The van der Waals surface area contributed by atoms with Gasteiger partial charge in [0.1, 0.15) is 6.04 Å². The van der Waals surface area contributed by atoms with Crippen LogP contribution in [0.3, 0.4) is 0 Å². The highest BCUT2D eigenvalue weighted by Gasteiger charge is 2.19. The highest BCUT2D eigenvalue weighted by molar-refractivity contribution is 7.99. The minimum Gasteiger partial charge on any atom is -0.479 e. The van der Waals surface area contributed by atoms with Crippen LogP contribution in [0.5, 0.6) is 0 Å². The van der Waals surface area contributed by atoms with Gasteiger partial charge in [-0.2, -0.15) is 11.8 Å². The molecule has 0 radical (unpaired) electrons. The molecule has 30 heavy (non-hydrogen) atoms. The number of amides is 2. The molecule has 4 N–H and O–H groups in total. The molecule has 0 fully saturated rings. The third kappa shape index (κ3) is 9.13. The zero-order valence-corrected chi connectivity index (χ0v) is 18.6. The number of carboxylic acids is 1. The van der Waals surface area contributed by atoms with Crippen LogP contribution >= 0.6 is 19.4 Å². The number of nitrogens with one attached hydrogen (secondary N) is 2. The second-order valence-electron chi connectivity index (χ2n) is 6.46. The fourth-order valence-electron chi connectivity index (χ4n) is 2.24. The molecule has 0 aliphatic heterocycles. The molecule has 0 heterocycles. The number of thioether (sulfide) groups is 1. The monoisotopic (exact) mass is 458 g/mol. The normalized spacial score (nSPS) is 14.8. The Bertz CT molecular complexity index is 818. The average molecular weight is 458 g/mol. The summed E-state index contributed by atoms with van der Waals surface area (Å²) >= 11 is 1.39. The van der Waals surface area contributed by atoms with Crippen molar-refractivity contribution in [3.05, 3.63) is 48.0 Å². The van der Waals surface area contributed by atoms with E-state index in [0.29, 0.717) is 17.1 Å². The summed E-state index contributed by atoms with van der Waals surface area (Å²) in [6.07, 6.45) is 1.14. The molecule has 0 saturated heterocycles. The molecule has 0 saturated carbocycles. The Hall–Kier alpha value is -2.13. The first-order chi connectivity index (χ1) is 14.1. The highest BCUT2D eigenvalue weighted by Crippen LogP contribution is 2.40. The van der Waals surface area contributed by atoms with Crippen molar-refractivity contribution in [1.82, 2.24) is 10.6 Å². The van der Waals surface area contributed by atoms with Crippen LogP contribution in [0.1, 0.15) is 22.8 Å². The first kappa shape index (κ1) is 25.9. The van der Waals surface area contributed by atoms with Crippen molar-refractivity contribution >= 4 is 37.1 Å². The van der Waals surface area contributed by atoms with E-state index in [1.807, 2.05) is 0 Å². The van der Waals surface area contributed by atoms with Crippen LogP contribution in [0, 0.1) is 5.92 Å². The quantitative estimate of drug-likeness (QED) is 0.199. The average Bonchev–Trinajstić information content (AvgIpc) is 2.72. The first-order valence-electron chi connectivity index (χ1n) is 9.07. The van der Waals surface area contributed by atoms with Crippen LogP contribution in [0.15, 0.2) is 36.9 Å². The fraction of sp³-hybridized carbons (Fsp3) is 0.421. The van der Waals surface area contributed by atoms with Crippen LogP contribution in [0.25, 0.3) is 0 Å². The Kier molecular flexibility index (Phi) is 10.8. The minimum atomic E-state index is -3.53. The maximum Gasteiger partial charge on any atom is 0.330 e. The zero-order chi connectivity index (χ0) is 22.7. The summed E-state index contributed by atoms with van der Waals surface area (Å²) < 4.78 is 15.9. The maximum atomic E-state index is 12.2. The molecule has 1 aromatic rings. The van der Waals surface area contributed by atoms with E-state index in [4.69, 9.17) is 5.11 Å². The molecular formula is C19H27N2O7PS. The van der Waals surface area contributed by atoms with E-state index in [9.17, 15) is 23.8 Å². The Labute approximate surface area is 179 Å². The molecule has 0 aromatic heterocycles. The van der Waals surface area contributed by atoms with Gasteiger partial charge >= 0.3 is 13.6 Å². The number of carbonyl (C=O) groups is 3. The van der Waals surface area contributed by atoms with Crippen LogP contribution in [-0.2, 0) is 25.2 Å². The van der Waals surface area contributed by atoms with Crippen molar-refractivity contribution in [1.29, 1.82) is 0 Å². The number of aliphatic carboxylic acids is 1. The molecule has 0 spiro atoms. The van der Waals surface area contributed by atoms with Crippen LogP contribution in [-0.4, -0.2) is 58.6 Å². The van der Waals surface area contributed by atoms with Crippen molar-refractivity contribution in [2.24, 2.45) is 5.92 Å². The topological polar surface area (TPSA) is 142 Å². The van der Waals surface area contributed by atoms with Gasteiger partial charge in [-0.25, -0.2) is 4.79 Å². The van der Waals surface area contributed by atoms with Gasteiger partial charge in [-0.05, 0) is 17.7 Å². The Morgan fingerprint density at radius 2 is 2.07 bits per heavy atom. The van der Waals surface area contributed by atoms with Gasteiger partial charge in [0, 0.05) is 36.6 Å². The number of rotatable bonds is 13. The Morgan fingerprint density at radius 1 is 1.37 bits per heavy atom. The summed E-state index contributed by atoms with van der Waals surface area (Å²) in [5, 5.41) is 14.1. The summed E-state index contributed by atoms with van der Waals surface area (Å²) in [4.78, 5) is 44.8. The van der Waals surface area contributed by atoms with Crippen molar-refractivity contribution < 1.29 is 33.5 Å². The largest absolute Gasteiger partial charge is 0.479 e. The smallest absolute Gasteiger partial charge is 0.330 e. The molecule has 1 unspecified atom stereocenters. The lowest BCUT2D eigenvalue weighted by atomic mass is 10.1. The predicted molar refractivity (Wildman–Crippen MR) is 116 cm³/mol. The molecule has 166 valence electrons. The number of carbonyl (C=O) groups excluding carboxylic acids is 2. The van der Waals surface area contributed by atoms with Crippen molar-refractivity contribution in [2.45, 2.75) is 19.5 Å². The van der Waals surface area contributed by atoms with Gasteiger partial charge in [0.2, 0.25) is 5.91 Å². The molecular weight excluding hydrogens is 431 g/mol. The standard InChI is InChI=1S/C19H27N2O7PS/c1-4-16(19(24)25)21-18(23)15-7-5-6-14(10-15)11-20-17(22)13(2)12-30-9-8-29(26,27)28-3/h4-7,10,13,16H,1,8-9,11-12H2,2-3H3,(H,20,22)(H,21,23)(H,24,25)(H,26,27)/t13-,16-/m0/s1. The van der Waals surface area contributed by atoms with E-state index in [-0.39, 0.29) is 30.1 Å². The summed E-state index contributed by atoms with van der Waals surface area (Å²) in [5.74, 6) is -1.39. The van der Waals surface area contributed by atoms with Gasteiger partial charge < -0.3 is 25.2 Å². The van der Waals surface area contributed by atoms with Crippen molar-refractivity contribution in [3.63, 3.8) is 0 Å². The predicted octanol–water partition coefficient (Wildman–Crippen LogP) is 1.87. The number of benzene rings is 1. The Balaban J connectivity index is 2.52. The van der Waals surface area contributed by atoms with Crippen LogP contribution < -0.4 is 10.6 Å². The maximum absolute atomic E-state index is 12.2. The van der Waals surface area contributed by atoms with E-state index in [0.717, 1.165) is 6.08 Å². The van der Waals surface area contributed by atoms with Gasteiger partial charge in [0.25, 0.3) is 5.91 Å². The fourth-order valence-corrected chi connectivity index (χ4v) is 4.53. The molecule has 11 heteroatoms. The van der Waals surface area contributed by atoms with Gasteiger partial charge in [-0.15, -0.1) is 6.58 Å². The van der Waals surface area contributed by atoms with Crippen molar-refractivity contribution in [3.8, 4) is 0 Å². The van der Waals surface area contributed by atoms with E-state index in [1.165, 1.54) is 18.9 Å². The number of hydrogen-bond donors (Lipinski definition) is 4. The molecule has 0 bridgehead atoms. The van der Waals surface area contributed by atoms with Gasteiger partial charge in [-0.1, -0.05) is 25.1 Å². The zero-order valence-electron chi connectivity index (χ0n) is 16.9. The van der Waals surface area contributed by atoms with E-state index >= 15 is 0 Å². The van der Waals surface area contributed by atoms with Gasteiger partial charge in [-0.3, -0.25) is 14.2 Å². The Morgan fingerprint density at radius 3 is 2.67 bits per heavy atom.